The van der Waals surface area contributed by atoms with Crippen LogP contribution in [0.25, 0.3) is 0 Å². The van der Waals surface area contributed by atoms with Gasteiger partial charge in [-0.05, 0) is 89.9 Å². The fourth-order valence-corrected chi connectivity index (χ4v) is 12.2. The van der Waals surface area contributed by atoms with Gasteiger partial charge in [0.15, 0.2) is 0 Å². The molecule has 0 radical (unpaired) electrons. The molecule has 0 fully saturated rings. The molecule has 0 aromatic rings. The number of allylic oxidation sites excluding steroid dienone is 8. The number of aliphatic hydroxyl groups excluding tert-OH is 2. The molecule has 0 aliphatic rings. The highest BCUT2D eigenvalue weighted by Crippen LogP contribution is 2.19. The lowest BCUT2D eigenvalue weighted by Gasteiger charge is -2.22. The number of unbranched alkanes of at least 4 members (excludes halogenated alkanes) is 54. The highest BCUT2D eigenvalue weighted by molar-refractivity contribution is 5.76. The second kappa shape index (κ2) is 75.3. The van der Waals surface area contributed by atoms with Crippen LogP contribution in [-0.4, -0.2) is 47.4 Å². The van der Waals surface area contributed by atoms with Gasteiger partial charge in [-0.1, -0.05) is 371 Å². The Balaban J connectivity index is 3.38. The molecule has 0 bridgehead atoms. The van der Waals surface area contributed by atoms with Gasteiger partial charge in [0.25, 0.3) is 0 Å². The zero-order valence-electron chi connectivity index (χ0n) is 58.1. The van der Waals surface area contributed by atoms with Crippen LogP contribution >= 0.6 is 0 Å². The van der Waals surface area contributed by atoms with Crippen LogP contribution in [0.1, 0.15) is 425 Å². The molecular formula is C80H151NO5. The van der Waals surface area contributed by atoms with E-state index in [2.05, 4.69) is 67.8 Å². The van der Waals surface area contributed by atoms with Crippen LogP contribution in [0.3, 0.4) is 0 Å². The molecule has 0 aliphatic heterocycles. The van der Waals surface area contributed by atoms with E-state index >= 15 is 0 Å². The summed E-state index contributed by atoms with van der Waals surface area (Å²) < 4.78 is 5.50. The monoisotopic (exact) mass is 1210 g/mol. The molecule has 3 N–H and O–H groups in total. The SMILES string of the molecule is CCCCC/C=C\C/C=C\CCCCCCCCCC(=O)OCCCCCCCCCCC/C=C\C/C=C\CCCCCCCCCCCCCCCCCCCC(=O)NC(CO)C(O)CCCCCCCCCCCCCCCCCCCCC. The number of carbonyl (C=O) groups is 2. The van der Waals surface area contributed by atoms with Crippen LogP contribution in [0.5, 0.6) is 0 Å². The Morgan fingerprint density at radius 1 is 0.326 bits per heavy atom. The van der Waals surface area contributed by atoms with Gasteiger partial charge in [0, 0.05) is 12.8 Å². The van der Waals surface area contributed by atoms with Gasteiger partial charge in [0.2, 0.25) is 5.91 Å². The number of hydrogen-bond donors (Lipinski definition) is 3. The molecular weight excluding hydrogens is 1050 g/mol. The summed E-state index contributed by atoms with van der Waals surface area (Å²) in [4.78, 5) is 24.6. The topological polar surface area (TPSA) is 95.9 Å². The number of carbonyl (C=O) groups excluding carboxylic acids is 2. The summed E-state index contributed by atoms with van der Waals surface area (Å²) in [5.41, 5.74) is 0. The smallest absolute Gasteiger partial charge is 0.305 e. The lowest BCUT2D eigenvalue weighted by Crippen LogP contribution is -2.45. The van der Waals surface area contributed by atoms with Crippen molar-refractivity contribution >= 4 is 11.9 Å². The van der Waals surface area contributed by atoms with Crippen molar-refractivity contribution < 1.29 is 24.5 Å². The Bertz CT molecular complexity index is 1440. The van der Waals surface area contributed by atoms with Crippen molar-refractivity contribution in [2.45, 2.75) is 437 Å². The van der Waals surface area contributed by atoms with Crippen LogP contribution in [0.4, 0.5) is 0 Å². The van der Waals surface area contributed by atoms with Crippen molar-refractivity contribution in [2.24, 2.45) is 0 Å². The molecule has 506 valence electrons. The van der Waals surface area contributed by atoms with Gasteiger partial charge in [0.1, 0.15) is 0 Å². The van der Waals surface area contributed by atoms with Gasteiger partial charge in [-0.15, -0.1) is 0 Å². The Morgan fingerprint density at radius 2 is 0.581 bits per heavy atom. The van der Waals surface area contributed by atoms with Crippen LogP contribution < -0.4 is 5.32 Å². The Hall–Kier alpha value is -2.18. The van der Waals surface area contributed by atoms with Crippen molar-refractivity contribution in [3.63, 3.8) is 0 Å². The molecule has 0 rings (SSSR count). The fourth-order valence-electron chi connectivity index (χ4n) is 12.2. The lowest BCUT2D eigenvalue weighted by atomic mass is 10.0. The molecule has 86 heavy (non-hydrogen) atoms. The predicted molar refractivity (Wildman–Crippen MR) is 379 cm³/mol. The van der Waals surface area contributed by atoms with Crippen molar-refractivity contribution in [2.75, 3.05) is 13.2 Å². The zero-order chi connectivity index (χ0) is 62.0. The van der Waals surface area contributed by atoms with Crippen molar-refractivity contribution in [1.29, 1.82) is 0 Å². The minimum Gasteiger partial charge on any atom is -0.466 e. The van der Waals surface area contributed by atoms with E-state index in [1.54, 1.807) is 0 Å². The van der Waals surface area contributed by atoms with Crippen LogP contribution in [0, 0.1) is 0 Å². The quantitative estimate of drug-likeness (QED) is 0.0320. The first-order valence-corrected chi connectivity index (χ1v) is 38.9. The fraction of sp³-hybridized carbons (Fsp3) is 0.875. The number of hydrogen-bond acceptors (Lipinski definition) is 5. The summed E-state index contributed by atoms with van der Waals surface area (Å²) in [5, 5.41) is 23.4. The van der Waals surface area contributed by atoms with Crippen LogP contribution in [0.2, 0.25) is 0 Å². The minimum absolute atomic E-state index is 0.00682. The maximum atomic E-state index is 12.6. The largest absolute Gasteiger partial charge is 0.466 e. The van der Waals surface area contributed by atoms with E-state index in [4.69, 9.17) is 4.74 Å². The standard InChI is InChI=1S/C80H151NO5/c1-3-5-7-9-11-13-15-17-19-21-37-41-44-48-52-56-60-64-68-72-78(83)77(76-82)81-79(84)73-69-65-61-57-53-49-45-42-38-35-33-31-29-27-25-23-22-24-26-28-30-32-34-36-39-43-47-51-55-59-63-67-71-75-86-80(85)74-70-66-62-58-54-50-46-40-20-18-16-14-12-10-8-6-4-2/h12,14,18,20,26,28,32,34,77-78,82-83H,3-11,13,15-17,19,21-25,27,29-31,33,35-76H2,1-2H3,(H,81,84)/b14-12-,20-18-,28-26-,34-32-. The number of aliphatic hydroxyl groups is 2. The molecule has 2 atom stereocenters. The molecule has 0 saturated heterocycles. The number of ether oxygens (including phenoxy) is 1. The summed E-state index contributed by atoms with van der Waals surface area (Å²) >= 11 is 0. The molecule has 6 heteroatoms. The third kappa shape index (κ3) is 70.9. The van der Waals surface area contributed by atoms with E-state index in [1.165, 1.54) is 334 Å². The summed E-state index contributed by atoms with van der Waals surface area (Å²) in [6, 6.07) is -0.541. The molecule has 0 aromatic carbocycles. The van der Waals surface area contributed by atoms with E-state index in [1.807, 2.05) is 0 Å². The first-order chi connectivity index (χ1) is 42.5. The second-order valence-corrected chi connectivity index (χ2v) is 26.7. The molecule has 0 aliphatic carbocycles. The Kier molecular flexibility index (Phi) is 73.4. The number of rotatable bonds is 73. The van der Waals surface area contributed by atoms with E-state index < -0.39 is 12.1 Å². The van der Waals surface area contributed by atoms with Gasteiger partial charge >= 0.3 is 5.97 Å². The van der Waals surface area contributed by atoms with E-state index in [0.717, 1.165) is 57.8 Å². The Labute approximate surface area is 537 Å². The van der Waals surface area contributed by atoms with Gasteiger partial charge in [-0.25, -0.2) is 0 Å². The normalized spacial score (nSPS) is 12.7. The first kappa shape index (κ1) is 83.8. The van der Waals surface area contributed by atoms with Gasteiger partial charge in [-0.3, -0.25) is 9.59 Å². The highest BCUT2D eigenvalue weighted by Gasteiger charge is 2.20. The van der Waals surface area contributed by atoms with E-state index in [-0.39, 0.29) is 18.5 Å². The maximum Gasteiger partial charge on any atom is 0.305 e. The minimum atomic E-state index is -0.664. The van der Waals surface area contributed by atoms with E-state index in [0.29, 0.717) is 25.9 Å². The summed E-state index contributed by atoms with van der Waals surface area (Å²) in [6.45, 7) is 4.96. The maximum absolute atomic E-state index is 12.6. The lowest BCUT2D eigenvalue weighted by molar-refractivity contribution is -0.143. The van der Waals surface area contributed by atoms with Crippen LogP contribution in [0.15, 0.2) is 48.6 Å². The molecule has 0 heterocycles. The zero-order valence-corrected chi connectivity index (χ0v) is 58.1. The molecule has 2 unspecified atom stereocenters. The van der Waals surface area contributed by atoms with Crippen molar-refractivity contribution in [3.05, 3.63) is 48.6 Å². The highest BCUT2D eigenvalue weighted by atomic mass is 16.5. The van der Waals surface area contributed by atoms with Gasteiger partial charge in [0.05, 0.1) is 25.4 Å². The van der Waals surface area contributed by atoms with Gasteiger partial charge in [-0.2, -0.15) is 0 Å². The Morgan fingerprint density at radius 3 is 0.907 bits per heavy atom. The molecule has 0 spiro atoms. The average Bonchev–Trinajstić information content (AvgIpc) is 3.55. The molecule has 1 amide bonds. The molecule has 6 nitrogen and oxygen atoms in total. The van der Waals surface area contributed by atoms with Gasteiger partial charge < -0.3 is 20.3 Å². The molecule has 0 aromatic heterocycles. The van der Waals surface area contributed by atoms with Crippen molar-refractivity contribution in [3.8, 4) is 0 Å². The third-order valence-corrected chi connectivity index (χ3v) is 18.1. The van der Waals surface area contributed by atoms with Crippen LogP contribution in [-0.2, 0) is 14.3 Å². The second-order valence-electron chi connectivity index (χ2n) is 26.7. The average molecular weight is 1210 g/mol. The van der Waals surface area contributed by atoms with E-state index in [9.17, 15) is 19.8 Å². The number of esters is 1. The predicted octanol–water partition coefficient (Wildman–Crippen LogP) is 25.6. The number of amides is 1. The summed E-state index contributed by atoms with van der Waals surface area (Å²) in [7, 11) is 0. The first-order valence-electron chi connectivity index (χ1n) is 38.9. The summed E-state index contributed by atoms with van der Waals surface area (Å²) in [6.07, 6.45) is 99.0. The summed E-state index contributed by atoms with van der Waals surface area (Å²) in [5.74, 6) is -0.0223. The third-order valence-electron chi connectivity index (χ3n) is 18.1. The number of nitrogens with one attached hydrogen (secondary N) is 1. The van der Waals surface area contributed by atoms with Crippen molar-refractivity contribution in [1.82, 2.24) is 5.32 Å². The molecule has 0 saturated carbocycles.